The average molecular weight is 471 g/mol. The average Bonchev–Trinajstić information content (AvgIpc) is 3.22. The number of esters is 1. The van der Waals surface area contributed by atoms with E-state index in [0.29, 0.717) is 11.4 Å². The van der Waals surface area contributed by atoms with Gasteiger partial charge in [-0.2, -0.15) is 0 Å². The number of nitrogens with one attached hydrogen (secondary N) is 2. The van der Waals surface area contributed by atoms with Crippen LogP contribution in [0.15, 0.2) is 42.5 Å². The highest BCUT2D eigenvalue weighted by atomic mass is 16.5. The normalized spacial score (nSPS) is 14.9. The molecule has 1 fully saturated rings. The van der Waals surface area contributed by atoms with E-state index in [1.807, 2.05) is 0 Å². The maximum absolute atomic E-state index is 12.8. The van der Waals surface area contributed by atoms with Crippen molar-refractivity contribution >= 4 is 29.4 Å². The molecule has 0 aliphatic carbocycles. The second-order valence-electron chi connectivity index (χ2n) is 7.27. The van der Waals surface area contributed by atoms with Crippen LogP contribution in [0.5, 0.6) is 17.2 Å². The molecule has 3 rings (SSSR count). The van der Waals surface area contributed by atoms with Gasteiger partial charge in [-0.15, -0.1) is 0 Å². The molecule has 2 aromatic carbocycles. The summed E-state index contributed by atoms with van der Waals surface area (Å²) in [4.78, 5) is 49.6. The largest absolute Gasteiger partial charge is 0.497 e. The number of anilines is 1. The summed E-state index contributed by atoms with van der Waals surface area (Å²) in [6.07, 6.45) is -0.164. The molecule has 1 aliphatic rings. The summed E-state index contributed by atoms with van der Waals surface area (Å²) in [6, 6.07) is 11.5. The van der Waals surface area contributed by atoms with Gasteiger partial charge in [-0.1, -0.05) is 6.07 Å². The Kier molecular flexibility index (Phi) is 7.91. The lowest BCUT2D eigenvalue weighted by atomic mass is 10.1. The summed E-state index contributed by atoms with van der Waals surface area (Å²) in [5, 5.41) is 3.63. The number of nitrogens with zero attached hydrogens (tertiary/aromatic N) is 1. The van der Waals surface area contributed by atoms with Crippen molar-refractivity contribution < 1.29 is 38.1 Å². The molecular formula is C23H25N3O8. The van der Waals surface area contributed by atoms with Gasteiger partial charge in [0.2, 0.25) is 5.91 Å². The zero-order valence-corrected chi connectivity index (χ0v) is 19.0. The molecule has 0 radical (unpaired) electrons. The lowest BCUT2D eigenvalue weighted by Crippen LogP contribution is -2.43. The second-order valence-corrected chi connectivity index (χ2v) is 7.27. The number of hydrogen-bond donors (Lipinski definition) is 2. The van der Waals surface area contributed by atoms with E-state index in [2.05, 4.69) is 10.7 Å². The number of rotatable bonds is 9. The SMILES string of the molecule is COc1ccc(NC(=O)COC(=O)[C@H]2CC(=O)N(NC(=O)c3c(OC)cccc3OC)C2)cc1. The summed E-state index contributed by atoms with van der Waals surface area (Å²) in [6.45, 7) is -0.610. The van der Waals surface area contributed by atoms with Crippen molar-refractivity contribution in [2.75, 3.05) is 39.8 Å². The van der Waals surface area contributed by atoms with Gasteiger partial charge in [0, 0.05) is 12.1 Å². The van der Waals surface area contributed by atoms with E-state index in [0.717, 1.165) is 5.01 Å². The third kappa shape index (κ3) is 5.74. The fraction of sp³-hybridized carbons (Fsp3) is 0.304. The van der Waals surface area contributed by atoms with Crippen molar-refractivity contribution in [3.8, 4) is 17.2 Å². The van der Waals surface area contributed by atoms with Crippen LogP contribution in [-0.2, 0) is 19.1 Å². The Morgan fingerprint density at radius 2 is 1.62 bits per heavy atom. The smallest absolute Gasteiger partial charge is 0.311 e. The first-order valence-corrected chi connectivity index (χ1v) is 10.3. The Bertz CT molecular complexity index is 1050. The number of amides is 3. The van der Waals surface area contributed by atoms with E-state index in [9.17, 15) is 19.2 Å². The zero-order chi connectivity index (χ0) is 24.7. The summed E-state index contributed by atoms with van der Waals surface area (Å²) < 4.78 is 20.5. The molecule has 1 saturated heterocycles. The minimum atomic E-state index is -0.832. The van der Waals surface area contributed by atoms with Crippen LogP contribution in [0, 0.1) is 5.92 Å². The van der Waals surface area contributed by atoms with E-state index in [4.69, 9.17) is 18.9 Å². The van der Waals surface area contributed by atoms with E-state index in [1.165, 1.54) is 21.3 Å². The molecule has 1 heterocycles. The minimum absolute atomic E-state index is 0.0963. The van der Waals surface area contributed by atoms with Crippen LogP contribution in [0.4, 0.5) is 5.69 Å². The van der Waals surface area contributed by atoms with Crippen molar-refractivity contribution in [3.63, 3.8) is 0 Å². The summed E-state index contributed by atoms with van der Waals surface area (Å²) >= 11 is 0. The minimum Gasteiger partial charge on any atom is -0.497 e. The van der Waals surface area contributed by atoms with E-state index in [-0.39, 0.29) is 30.0 Å². The van der Waals surface area contributed by atoms with Crippen molar-refractivity contribution in [3.05, 3.63) is 48.0 Å². The van der Waals surface area contributed by atoms with Gasteiger partial charge >= 0.3 is 5.97 Å². The number of carbonyl (C=O) groups is 4. The topological polar surface area (TPSA) is 132 Å². The Morgan fingerprint density at radius 3 is 2.21 bits per heavy atom. The van der Waals surface area contributed by atoms with Crippen LogP contribution in [0.1, 0.15) is 16.8 Å². The number of hydrazine groups is 1. The van der Waals surface area contributed by atoms with Gasteiger partial charge in [-0.3, -0.25) is 29.6 Å². The summed E-state index contributed by atoms with van der Waals surface area (Å²) in [7, 11) is 4.34. The third-order valence-corrected chi connectivity index (χ3v) is 5.07. The van der Waals surface area contributed by atoms with Gasteiger partial charge in [-0.05, 0) is 36.4 Å². The van der Waals surface area contributed by atoms with Crippen molar-refractivity contribution in [2.24, 2.45) is 5.92 Å². The number of carbonyl (C=O) groups excluding carboxylic acids is 4. The monoisotopic (exact) mass is 471 g/mol. The first kappa shape index (κ1) is 24.4. The molecule has 34 heavy (non-hydrogen) atoms. The van der Waals surface area contributed by atoms with Gasteiger partial charge < -0.3 is 24.3 Å². The Balaban J connectivity index is 1.53. The molecule has 0 spiro atoms. The quantitative estimate of drug-likeness (QED) is 0.525. The lowest BCUT2D eigenvalue weighted by Gasteiger charge is -2.19. The van der Waals surface area contributed by atoms with Crippen molar-refractivity contribution in [1.29, 1.82) is 0 Å². The fourth-order valence-corrected chi connectivity index (χ4v) is 3.35. The zero-order valence-electron chi connectivity index (χ0n) is 19.0. The van der Waals surface area contributed by atoms with Crippen LogP contribution >= 0.6 is 0 Å². The first-order valence-electron chi connectivity index (χ1n) is 10.3. The van der Waals surface area contributed by atoms with Crippen LogP contribution < -0.4 is 25.0 Å². The number of benzene rings is 2. The maximum atomic E-state index is 12.8. The molecule has 3 amide bonds. The number of methoxy groups -OCH3 is 3. The highest BCUT2D eigenvalue weighted by Crippen LogP contribution is 2.28. The molecule has 0 unspecified atom stereocenters. The van der Waals surface area contributed by atoms with E-state index >= 15 is 0 Å². The number of ether oxygens (including phenoxy) is 4. The predicted octanol–water partition coefficient (Wildman–Crippen LogP) is 1.39. The Labute approximate surface area is 195 Å². The van der Waals surface area contributed by atoms with Gasteiger partial charge in [0.15, 0.2) is 6.61 Å². The highest BCUT2D eigenvalue weighted by Gasteiger charge is 2.37. The Morgan fingerprint density at radius 1 is 0.971 bits per heavy atom. The van der Waals surface area contributed by atoms with Crippen LogP contribution in [0.25, 0.3) is 0 Å². The molecule has 2 aromatic rings. The Hall–Kier alpha value is -4.28. The van der Waals surface area contributed by atoms with Crippen LogP contribution in [0.3, 0.4) is 0 Å². The molecule has 0 bridgehead atoms. The molecule has 1 atom stereocenters. The molecular weight excluding hydrogens is 446 g/mol. The fourth-order valence-electron chi connectivity index (χ4n) is 3.35. The van der Waals surface area contributed by atoms with Crippen LogP contribution in [0.2, 0.25) is 0 Å². The molecule has 2 N–H and O–H groups in total. The van der Waals surface area contributed by atoms with Gasteiger partial charge in [-0.25, -0.2) is 0 Å². The first-order chi connectivity index (χ1) is 16.4. The molecule has 1 aliphatic heterocycles. The molecule has 0 aromatic heterocycles. The van der Waals surface area contributed by atoms with Gasteiger partial charge in [0.1, 0.15) is 22.8 Å². The molecule has 180 valence electrons. The predicted molar refractivity (Wildman–Crippen MR) is 119 cm³/mol. The number of hydrogen-bond acceptors (Lipinski definition) is 8. The van der Waals surface area contributed by atoms with Gasteiger partial charge in [0.05, 0.1) is 33.8 Å². The summed E-state index contributed by atoms with van der Waals surface area (Å²) in [5.41, 5.74) is 3.10. The highest BCUT2D eigenvalue weighted by molar-refractivity contribution is 6.01. The summed E-state index contributed by atoms with van der Waals surface area (Å²) in [5.74, 6) is -2.01. The van der Waals surface area contributed by atoms with E-state index < -0.39 is 36.2 Å². The van der Waals surface area contributed by atoms with Gasteiger partial charge in [0.25, 0.3) is 11.8 Å². The second kappa shape index (κ2) is 11.0. The molecule has 11 nitrogen and oxygen atoms in total. The third-order valence-electron chi connectivity index (χ3n) is 5.07. The van der Waals surface area contributed by atoms with Crippen molar-refractivity contribution in [2.45, 2.75) is 6.42 Å². The maximum Gasteiger partial charge on any atom is 0.311 e. The molecule has 11 heteroatoms. The van der Waals surface area contributed by atoms with Crippen molar-refractivity contribution in [1.82, 2.24) is 10.4 Å². The molecule has 0 saturated carbocycles. The standard InChI is InChI=1S/C23H25N3O8/c1-31-16-9-7-15(8-10-16)24-19(27)13-34-23(30)14-11-20(28)26(12-14)25-22(29)21-17(32-2)5-4-6-18(21)33-3/h4-10,14H,11-13H2,1-3H3,(H,24,27)(H,25,29)/t14-/m0/s1. The van der Waals surface area contributed by atoms with E-state index in [1.54, 1.807) is 42.5 Å². The lowest BCUT2D eigenvalue weighted by molar-refractivity contribution is -0.151. The van der Waals surface area contributed by atoms with Crippen LogP contribution in [-0.4, -0.2) is 63.2 Å².